The molecule has 0 bridgehead atoms. The topological polar surface area (TPSA) is 38.0 Å². The van der Waals surface area contributed by atoms with Gasteiger partial charge in [0.05, 0.1) is 0 Å². The van der Waals surface area contributed by atoms with Crippen LogP contribution in [-0.4, -0.2) is 18.6 Å². The Balaban J connectivity index is 2.16. The Kier molecular flexibility index (Phi) is 4.39. The summed E-state index contributed by atoms with van der Waals surface area (Å²) in [6, 6.07) is 0. The van der Waals surface area contributed by atoms with Gasteiger partial charge in [0.25, 0.3) is 0 Å². The molecule has 1 rings (SSSR count). The van der Waals surface area contributed by atoms with Crippen LogP contribution in [-0.2, 0) is 0 Å². The van der Waals surface area contributed by atoms with Crippen molar-refractivity contribution < 1.29 is 0 Å². The van der Waals surface area contributed by atoms with Crippen LogP contribution in [0.25, 0.3) is 0 Å². The fourth-order valence-corrected chi connectivity index (χ4v) is 2.12. The summed E-state index contributed by atoms with van der Waals surface area (Å²) in [5.74, 6) is 1.69. The summed E-state index contributed by atoms with van der Waals surface area (Å²) >= 11 is 0. The highest BCUT2D eigenvalue weighted by atomic mass is 14.9. The molecule has 0 radical (unpaired) electrons. The molecular formula is C12H26N2. The smallest absolute Gasteiger partial charge is 0.00966 e. The van der Waals surface area contributed by atoms with Gasteiger partial charge in [0.15, 0.2) is 0 Å². The average molecular weight is 198 g/mol. The third-order valence-corrected chi connectivity index (χ3v) is 3.22. The summed E-state index contributed by atoms with van der Waals surface area (Å²) in [7, 11) is 0. The van der Waals surface area contributed by atoms with Crippen molar-refractivity contribution >= 4 is 0 Å². The number of hydrogen-bond acceptors (Lipinski definition) is 2. The third kappa shape index (κ3) is 4.43. The van der Waals surface area contributed by atoms with Gasteiger partial charge in [0.1, 0.15) is 0 Å². The lowest BCUT2D eigenvalue weighted by Crippen LogP contribution is -2.40. The van der Waals surface area contributed by atoms with E-state index in [1.165, 1.54) is 32.2 Å². The molecule has 0 aromatic carbocycles. The van der Waals surface area contributed by atoms with Gasteiger partial charge in [-0.3, -0.25) is 0 Å². The Labute approximate surface area is 88.6 Å². The second-order valence-corrected chi connectivity index (χ2v) is 5.75. The third-order valence-electron chi connectivity index (χ3n) is 3.22. The van der Waals surface area contributed by atoms with Crippen molar-refractivity contribution in [2.24, 2.45) is 17.6 Å². The van der Waals surface area contributed by atoms with Crippen molar-refractivity contribution in [3.05, 3.63) is 0 Å². The Morgan fingerprint density at radius 2 is 1.57 bits per heavy atom. The van der Waals surface area contributed by atoms with Crippen molar-refractivity contribution in [3.8, 4) is 0 Å². The first-order valence-corrected chi connectivity index (χ1v) is 5.96. The molecule has 0 saturated heterocycles. The summed E-state index contributed by atoms with van der Waals surface area (Å²) < 4.78 is 0. The molecule has 0 unspecified atom stereocenters. The minimum atomic E-state index is 0.269. The minimum Gasteiger partial charge on any atom is -0.330 e. The molecule has 1 aliphatic rings. The van der Waals surface area contributed by atoms with Gasteiger partial charge in [0.2, 0.25) is 0 Å². The first kappa shape index (κ1) is 12.0. The number of rotatable bonds is 3. The maximum atomic E-state index is 5.68. The van der Waals surface area contributed by atoms with Gasteiger partial charge in [-0.1, -0.05) is 0 Å². The zero-order chi connectivity index (χ0) is 10.6. The fourth-order valence-electron chi connectivity index (χ4n) is 2.12. The normalized spacial score (nSPS) is 29.1. The Morgan fingerprint density at radius 3 is 2.00 bits per heavy atom. The quantitative estimate of drug-likeness (QED) is 0.729. The minimum absolute atomic E-state index is 0.269. The van der Waals surface area contributed by atoms with Crippen LogP contribution < -0.4 is 11.1 Å². The van der Waals surface area contributed by atoms with Crippen LogP contribution in [0.4, 0.5) is 0 Å². The van der Waals surface area contributed by atoms with Gasteiger partial charge in [-0.2, -0.15) is 0 Å². The largest absolute Gasteiger partial charge is 0.330 e. The SMILES string of the molecule is CC(C)(C)NC[C@H]1CC[C@H](CN)CC1. The second-order valence-electron chi connectivity index (χ2n) is 5.75. The molecule has 0 spiro atoms. The van der Waals surface area contributed by atoms with E-state index in [2.05, 4.69) is 26.1 Å². The van der Waals surface area contributed by atoms with Crippen LogP contribution in [0.3, 0.4) is 0 Å². The highest BCUT2D eigenvalue weighted by Gasteiger charge is 2.21. The van der Waals surface area contributed by atoms with Crippen LogP contribution in [0.1, 0.15) is 46.5 Å². The molecule has 2 heteroatoms. The van der Waals surface area contributed by atoms with Crippen LogP contribution in [0.15, 0.2) is 0 Å². The zero-order valence-electron chi connectivity index (χ0n) is 9.97. The molecule has 0 heterocycles. The fraction of sp³-hybridized carbons (Fsp3) is 1.00. The van der Waals surface area contributed by atoms with E-state index in [4.69, 9.17) is 5.73 Å². The predicted molar refractivity (Wildman–Crippen MR) is 62.3 cm³/mol. The summed E-state index contributed by atoms with van der Waals surface area (Å²) in [5.41, 5.74) is 5.94. The van der Waals surface area contributed by atoms with Crippen LogP contribution >= 0.6 is 0 Å². The molecule has 84 valence electrons. The first-order valence-electron chi connectivity index (χ1n) is 5.96. The van der Waals surface area contributed by atoms with Crippen molar-refractivity contribution in [2.45, 2.75) is 52.0 Å². The molecular weight excluding hydrogens is 172 g/mol. The van der Waals surface area contributed by atoms with E-state index in [0.717, 1.165) is 18.4 Å². The van der Waals surface area contributed by atoms with Gasteiger partial charge >= 0.3 is 0 Å². The molecule has 1 saturated carbocycles. The lowest BCUT2D eigenvalue weighted by Gasteiger charge is -2.30. The lowest BCUT2D eigenvalue weighted by atomic mass is 9.82. The molecule has 1 fully saturated rings. The predicted octanol–water partition coefficient (Wildman–Crippen LogP) is 2.14. The molecule has 0 aromatic heterocycles. The van der Waals surface area contributed by atoms with E-state index < -0.39 is 0 Å². The maximum Gasteiger partial charge on any atom is 0.00966 e. The molecule has 14 heavy (non-hydrogen) atoms. The van der Waals surface area contributed by atoms with Crippen molar-refractivity contribution in [1.29, 1.82) is 0 Å². The molecule has 0 amide bonds. The molecule has 0 aliphatic heterocycles. The Hall–Kier alpha value is -0.0800. The number of hydrogen-bond donors (Lipinski definition) is 2. The molecule has 3 N–H and O–H groups in total. The van der Waals surface area contributed by atoms with Gasteiger partial charge in [-0.15, -0.1) is 0 Å². The van der Waals surface area contributed by atoms with Gasteiger partial charge < -0.3 is 11.1 Å². The molecule has 2 nitrogen and oxygen atoms in total. The van der Waals surface area contributed by atoms with E-state index in [0.29, 0.717) is 0 Å². The monoisotopic (exact) mass is 198 g/mol. The highest BCUT2D eigenvalue weighted by Crippen LogP contribution is 2.27. The summed E-state index contributed by atoms with van der Waals surface area (Å²) in [6.45, 7) is 8.77. The maximum absolute atomic E-state index is 5.68. The van der Waals surface area contributed by atoms with Crippen molar-refractivity contribution in [2.75, 3.05) is 13.1 Å². The van der Waals surface area contributed by atoms with Crippen LogP contribution in [0.2, 0.25) is 0 Å². The van der Waals surface area contributed by atoms with Crippen molar-refractivity contribution in [1.82, 2.24) is 5.32 Å². The number of nitrogens with two attached hydrogens (primary N) is 1. The van der Waals surface area contributed by atoms with E-state index >= 15 is 0 Å². The van der Waals surface area contributed by atoms with Gasteiger partial charge in [-0.05, 0) is 71.4 Å². The zero-order valence-corrected chi connectivity index (χ0v) is 9.97. The van der Waals surface area contributed by atoms with Crippen LogP contribution in [0.5, 0.6) is 0 Å². The molecule has 0 aromatic rings. The van der Waals surface area contributed by atoms with E-state index in [1.807, 2.05) is 0 Å². The Morgan fingerprint density at radius 1 is 1.07 bits per heavy atom. The lowest BCUT2D eigenvalue weighted by molar-refractivity contribution is 0.255. The van der Waals surface area contributed by atoms with Gasteiger partial charge in [-0.25, -0.2) is 0 Å². The summed E-state index contributed by atoms with van der Waals surface area (Å²) in [5, 5.41) is 3.59. The van der Waals surface area contributed by atoms with Gasteiger partial charge in [0, 0.05) is 5.54 Å². The van der Waals surface area contributed by atoms with E-state index in [9.17, 15) is 0 Å². The molecule has 0 atom stereocenters. The average Bonchev–Trinajstić information content (AvgIpc) is 2.14. The van der Waals surface area contributed by atoms with E-state index in [1.54, 1.807) is 0 Å². The van der Waals surface area contributed by atoms with E-state index in [-0.39, 0.29) is 5.54 Å². The molecule has 1 aliphatic carbocycles. The first-order chi connectivity index (χ1) is 6.51. The second kappa shape index (κ2) is 5.13. The summed E-state index contributed by atoms with van der Waals surface area (Å²) in [6.07, 6.45) is 5.41. The van der Waals surface area contributed by atoms with Crippen molar-refractivity contribution in [3.63, 3.8) is 0 Å². The highest BCUT2D eigenvalue weighted by molar-refractivity contribution is 4.78. The van der Waals surface area contributed by atoms with Crippen LogP contribution in [0, 0.1) is 11.8 Å². The summed E-state index contributed by atoms with van der Waals surface area (Å²) in [4.78, 5) is 0. The Bertz CT molecular complexity index is 152. The standard InChI is InChI=1S/C12H26N2/c1-12(2,3)14-9-11-6-4-10(8-13)5-7-11/h10-11,14H,4-9,13H2,1-3H3/t10-,11-. The number of nitrogens with one attached hydrogen (secondary N) is 1.